The summed E-state index contributed by atoms with van der Waals surface area (Å²) >= 11 is 0. The number of rotatable bonds is 10. The summed E-state index contributed by atoms with van der Waals surface area (Å²) in [4.78, 5) is 23.8. The maximum absolute atomic E-state index is 10.9. The number of fused-ring (bicyclic) bond motifs is 1. The van der Waals surface area contributed by atoms with Gasteiger partial charge in [0.1, 0.15) is 36.2 Å². The minimum atomic E-state index is -1.27. The average Bonchev–Trinajstić information content (AvgIpc) is 3.39. The Hall–Kier alpha value is -3.16. The van der Waals surface area contributed by atoms with Gasteiger partial charge in [0.25, 0.3) is 0 Å². The smallest absolute Gasteiger partial charge is 0.226 e. The fourth-order valence-electron chi connectivity index (χ4n) is 3.89. The molecular formula is C22H28N6O6. The number of imidazole rings is 1. The van der Waals surface area contributed by atoms with E-state index in [1.807, 2.05) is 24.3 Å². The standard InChI is InChI=1S/C22H28N6O6/c1-33-14(9-29)8-13-4-2-12(3-5-13)6-7-24-22-26-19(23)16-20(27-22)28(11-25-16)21-18(32)17(31)15(10-30)34-21/h2-5,9,11,14-15,17-18,21,30-32H,6-8,10H2,1H3,(H3,23,24,26,27)/t14?,15-,17?,18?,21-/m1/s1. The second-order valence-corrected chi connectivity index (χ2v) is 8.09. The van der Waals surface area contributed by atoms with Gasteiger partial charge in [0.05, 0.1) is 12.9 Å². The fourth-order valence-corrected chi connectivity index (χ4v) is 3.89. The number of methoxy groups -OCH3 is 1. The van der Waals surface area contributed by atoms with Gasteiger partial charge in [-0.15, -0.1) is 0 Å². The number of nitrogens with one attached hydrogen (secondary N) is 1. The van der Waals surface area contributed by atoms with Crippen LogP contribution in [0.2, 0.25) is 0 Å². The van der Waals surface area contributed by atoms with Crippen LogP contribution in [0.1, 0.15) is 17.4 Å². The Bertz CT molecular complexity index is 1120. The number of aliphatic hydroxyl groups excluding tert-OH is 3. The molecule has 34 heavy (non-hydrogen) atoms. The van der Waals surface area contributed by atoms with Gasteiger partial charge < -0.3 is 40.6 Å². The highest BCUT2D eigenvalue weighted by Gasteiger charge is 2.44. The van der Waals surface area contributed by atoms with Gasteiger partial charge in [0.2, 0.25) is 5.95 Å². The molecule has 12 heteroatoms. The van der Waals surface area contributed by atoms with E-state index in [1.165, 1.54) is 18.0 Å². The molecule has 6 N–H and O–H groups in total. The predicted molar refractivity (Wildman–Crippen MR) is 122 cm³/mol. The highest BCUT2D eigenvalue weighted by molar-refractivity contribution is 5.83. The largest absolute Gasteiger partial charge is 0.394 e. The van der Waals surface area contributed by atoms with Crippen LogP contribution in [-0.4, -0.2) is 85.8 Å². The number of nitrogen functional groups attached to an aromatic ring is 1. The minimum Gasteiger partial charge on any atom is -0.394 e. The molecule has 5 atom stereocenters. The topological polar surface area (TPSA) is 178 Å². The third-order valence-electron chi connectivity index (χ3n) is 5.85. The molecule has 3 heterocycles. The molecule has 1 saturated heterocycles. The molecule has 4 rings (SSSR count). The lowest BCUT2D eigenvalue weighted by atomic mass is 10.0. The van der Waals surface area contributed by atoms with Crippen molar-refractivity contribution < 1.29 is 29.6 Å². The number of benzene rings is 1. The van der Waals surface area contributed by atoms with Crippen LogP contribution in [-0.2, 0) is 27.1 Å². The van der Waals surface area contributed by atoms with Gasteiger partial charge in [-0.25, -0.2) is 4.98 Å². The van der Waals surface area contributed by atoms with Crippen LogP contribution in [0, 0.1) is 0 Å². The Morgan fingerprint density at radius 3 is 2.62 bits per heavy atom. The summed E-state index contributed by atoms with van der Waals surface area (Å²) < 4.78 is 12.1. The first-order chi connectivity index (χ1) is 16.4. The molecular weight excluding hydrogens is 444 g/mol. The Morgan fingerprint density at radius 2 is 1.97 bits per heavy atom. The van der Waals surface area contributed by atoms with Crippen molar-refractivity contribution in [3.05, 3.63) is 41.7 Å². The summed E-state index contributed by atoms with van der Waals surface area (Å²) in [6, 6.07) is 7.91. The number of hydrogen-bond donors (Lipinski definition) is 5. The normalized spacial score (nSPS) is 23.3. The summed E-state index contributed by atoms with van der Waals surface area (Å²) in [5.74, 6) is 0.439. The molecule has 0 saturated carbocycles. The van der Waals surface area contributed by atoms with E-state index in [0.717, 1.165) is 17.4 Å². The molecule has 0 amide bonds. The molecule has 12 nitrogen and oxygen atoms in total. The van der Waals surface area contributed by atoms with E-state index >= 15 is 0 Å². The highest BCUT2D eigenvalue weighted by atomic mass is 16.6. The molecule has 3 aromatic rings. The van der Waals surface area contributed by atoms with Crippen molar-refractivity contribution in [3.63, 3.8) is 0 Å². The van der Waals surface area contributed by atoms with Crippen molar-refractivity contribution in [1.82, 2.24) is 19.5 Å². The molecule has 0 bridgehead atoms. The van der Waals surface area contributed by atoms with E-state index in [1.54, 1.807) is 0 Å². The second kappa shape index (κ2) is 10.4. The second-order valence-electron chi connectivity index (χ2n) is 8.09. The first-order valence-corrected chi connectivity index (χ1v) is 10.9. The van der Waals surface area contributed by atoms with Crippen LogP contribution in [0.25, 0.3) is 11.2 Å². The molecule has 0 spiro atoms. The van der Waals surface area contributed by atoms with Crippen molar-refractivity contribution in [2.24, 2.45) is 0 Å². The van der Waals surface area contributed by atoms with Crippen molar-refractivity contribution in [2.75, 3.05) is 31.3 Å². The third kappa shape index (κ3) is 4.86. The van der Waals surface area contributed by atoms with E-state index in [-0.39, 0.29) is 11.8 Å². The SMILES string of the molecule is COC(C=O)Cc1ccc(CCNc2nc(N)c3ncn([C@@H]4O[C@H](CO)C(O)C4O)c3n2)cc1. The molecule has 1 aromatic carbocycles. The van der Waals surface area contributed by atoms with Crippen LogP contribution >= 0.6 is 0 Å². The van der Waals surface area contributed by atoms with Crippen LogP contribution in [0.15, 0.2) is 30.6 Å². The maximum Gasteiger partial charge on any atom is 0.226 e. The van der Waals surface area contributed by atoms with Gasteiger partial charge in [0, 0.05) is 20.1 Å². The lowest BCUT2D eigenvalue weighted by molar-refractivity contribution is -0.116. The van der Waals surface area contributed by atoms with E-state index in [0.29, 0.717) is 30.6 Å². The molecule has 2 aromatic heterocycles. The number of anilines is 2. The number of carbonyl (C=O) groups is 1. The van der Waals surface area contributed by atoms with Crippen molar-refractivity contribution >= 4 is 29.2 Å². The number of nitrogens with two attached hydrogens (primary N) is 1. The van der Waals surface area contributed by atoms with E-state index < -0.39 is 37.3 Å². The average molecular weight is 473 g/mol. The number of carbonyl (C=O) groups excluding carboxylic acids is 1. The number of nitrogens with zero attached hydrogens (tertiary/aromatic N) is 4. The summed E-state index contributed by atoms with van der Waals surface area (Å²) in [5.41, 5.74) is 8.81. The van der Waals surface area contributed by atoms with Crippen molar-refractivity contribution in [2.45, 2.75) is 43.5 Å². The fraction of sp³-hybridized carbons (Fsp3) is 0.455. The number of hydrogen-bond acceptors (Lipinski definition) is 11. The zero-order chi connectivity index (χ0) is 24.2. The molecule has 3 unspecified atom stereocenters. The van der Waals surface area contributed by atoms with Gasteiger partial charge in [-0.1, -0.05) is 24.3 Å². The zero-order valence-corrected chi connectivity index (χ0v) is 18.6. The number of ether oxygens (including phenoxy) is 2. The van der Waals surface area contributed by atoms with Gasteiger partial charge in [-0.2, -0.15) is 9.97 Å². The van der Waals surface area contributed by atoms with Gasteiger partial charge in [-0.05, 0) is 17.5 Å². The van der Waals surface area contributed by atoms with E-state index in [9.17, 15) is 20.1 Å². The molecule has 1 aliphatic heterocycles. The molecule has 182 valence electrons. The Kier molecular flexibility index (Phi) is 7.34. The highest BCUT2D eigenvalue weighted by Crippen LogP contribution is 2.32. The van der Waals surface area contributed by atoms with Gasteiger partial charge in [-0.3, -0.25) is 4.57 Å². The minimum absolute atomic E-state index is 0.158. The van der Waals surface area contributed by atoms with Crippen LogP contribution < -0.4 is 11.1 Å². The van der Waals surface area contributed by atoms with Gasteiger partial charge >= 0.3 is 0 Å². The Balaban J connectivity index is 1.43. The Labute approximate surface area is 195 Å². The quantitative estimate of drug-likeness (QED) is 0.239. The first-order valence-electron chi connectivity index (χ1n) is 10.9. The monoisotopic (exact) mass is 472 g/mol. The zero-order valence-electron chi connectivity index (χ0n) is 18.6. The lowest BCUT2D eigenvalue weighted by Gasteiger charge is -2.17. The van der Waals surface area contributed by atoms with Crippen molar-refractivity contribution in [3.8, 4) is 0 Å². The first kappa shape index (κ1) is 24.0. The van der Waals surface area contributed by atoms with Crippen LogP contribution in [0.4, 0.5) is 11.8 Å². The maximum atomic E-state index is 10.9. The number of aliphatic hydroxyl groups is 3. The molecule has 0 radical (unpaired) electrons. The number of aromatic nitrogens is 4. The summed E-state index contributed by atoms with van der Waals surface area (Å²) in [7, 11) is 1.51. The number of aldehydes is 1. The third-order valence-corrected chi connectivity index (χ3v) is 5.85. The molecule has 0 aliphatic carbocycles. The predicted octanol–water partition coefficient (Wildman–Crippen LogP) is -0.569. The van der Waals surface area contributed by atoms with E-state index in [2.05, 4.69) is 20.3 Å². The van der Waals surface area contributed by atoms with Crippen LogP contribution in [0.3, 0.4) is 0 Å². The van der Waals surface area contributed by atoms with Crippen LogP contribution in [0.5, 0.6) is 0 Å². The molecule has 1 fully saturated rings. The molecule has 1 aliphatic rings. The summed E-state index contributed by atoms with van der Waals surface area (Å²) in [6.07, 6.45) is -1.45. The van der Waals surface area contributed by atoms with Crippen molar-refractivity contribution in [1.29, 1.82) is 0 Å². The van der Waals surface area contributed by atoms with Gasteiger partial charge in [0.15, 0.2) is 17.7 Å². The summed E-state index contributed by atoms with van der Waals surface area (Å²) in [5, 5.41) is 32.9. The van der Waals surface area contributed by atoms with E-state index in [4.69, 9.17) is 15.2 Å². The Morgan fingerprint density at radius 1 is 1.24 bits per heavy atom. The lowest BCUT2D eigenvalue weighted by Crippen LogP contribution is -2.33. The summed E-state index contributed by atoms with van der Waals surface area (Å²) in [6.45, 7) is 0.0949.